The summed E-state index contributed by atoms with van der Waals surface area (Å²) in [5.41, 5.74) is 1.20. The van der Waals surface area contributed by atoms with E-state index in [-0.39, 0.29) is 18.0 Å². The Morgan fingerprint density at radius 2 is 1.94 bits per heavy atom. The van der Waals surface area contributed by atoms with Gasteiger partial charge in [-0.05, 0) is 50.3 Å². The van der Waals surface area contributed by atoms with E-state index in [1.165, 1.54) is 6.07 Å². The average molecular weight is 258 g/mol. The Hall–Kier alpha value is -0.800. The third-order valence-electron chi connectivity index (χ3n) is 3.30. The van der Waals surface area contributed by atoms with Gasteiger partial charge in [-0.3, -0.25) is 0 Å². The summed E-state index contributed by atoms with van der Waals surface area (Å²) in [5, 5.41) is 13.2. The molecule has 4 heteroatoms. The summed E-state index contributed by atoms with van der Waals surface area (Å²) in [6, 6.07) is 3.36. The molecule has 0 spiro atoms. The fraction of sp³-hybridized carbons (Fsp3) is 0.538. The van der Waals surface area contributed by atoms with Gasteiger partial charge in [0.2, 0.25) is 0 Å². The fourth-order valence-electron chi connectivity index (χ4n) is 2.20. The first-order valence-corrected chi connectivity index (χ1v) is 6.34. The molecule has 2 N–H and O–H groups in total. The summed E-state index contributed by atoms with van der Waals surface area (Å²) in [7, 11) is 0. The van der Waals surface area contributed by atoms with Crippen molar-refractivity contribution in [2.75, 3.05) is 5.32 Å². The van der Waals surface area contributed by atoms with Crippen molar-refractivity contribution in [3.05, 3.63) is 28.5 Å². The zero-order chi connectivity index (χ0) is 12.4. The lowest BCUT2D eigenvalue weighted by Crippen LogP contribution is -2.28. The number of aliphatic hydroxyl groups excluding tert-OH is 1. The van der Waals surface area contributed by atoms with Gasteiger partial charge in [0.15, 0.2) is 0 Å². The van der Waals surface area contributed by atoms with E-state index in [4.69, 9.17) is 11.6 Å². The first kappa shape index (κ1) is 12.7. The van der Waals surface area contributed by atoms with Gasteiger partial charge in [-0.15, -0.1) is 0 Å². The molecule has 0 aromatic heterocycles. The predicted octanol–water partition coefficient (Wildman–Crippen LogP) is 3.50. The Morgan fingerprint density at radius 1 is 1.29 bits per heavy atom. The number of hydrogen-bond acceptors (Lipinski definition) is 2. The maximum atomic E-state index is 13.4. The van der Waals surface area contributed by atoms with Crippen molar-refractivity contribution in [2.24, 2.45) is 0 Å². The Kier molecular flexibility index (Phi) is 3.89. The molecule has 1 saturated carbocycles. The first-order chi connectivity index (χ1) is 8.06. The number of hydrogen-bond donors (Lipinski definition) is 2. The predicted molar refractivity (Wildman–Crippen MR) is 68.0 cm³/mol. The van der Waals surface area contributed by atoms with E-state index in [0.29, 0.717) is 16.3 Å². The second-order valence-corrected chi connectivity index (χ2v) is 5.14. The van der Waals surface area contributed by atoms with Crippen LogP contribution in [0, 0.1) is 12.7 Å². The van der Waals surface area contributed by atoms with Crippen molar-refractivity contribution in [2.45, 2.75) is 44.8 Å². The van der Waals surface area contributed by atoms with Crippen LogP contribution in [0.5, 0.6) is 0 Å². The van der Waals surface area contributed by atoms with E-state index in [0.717, 1.165) is 25.7 Å². The van der Waals surface area contributed by atoms with Gasteiger partial charge in [0, 0.05) is 6.04 Å². The number of nitrogens with one attached hydrogen (secondary N) is 1. The van der Waals surface area contributed by atoms with Gasteiger partial charge in [0.05, 0.1) is 16.8 Å². The maximum Gasteiger partial charge on any atom is 0.128 e. The SMILES string of the molecule is Cc1cc(Cl)c(NC2CCC(O)CC2)cc1F. The zero-order valence-corrected chi connectivity index (χ0v) is 10.6. The lowest BCUT2D eigenvalue weighted by molar-refractivity contribution is 0.126. The monoisotopic (exact) mass is 257 g/mol. The summed E-state index contributed by atoms with van der Waals surface area (Å²) in [6.07, 6.45) is 3.20. The Morgan fingerprint density at radius 3 is 2.59 bits per heavy atom. The highest BCUT2D eigenvalue weighted by molar-refractivity contribution is 6.33. The van der Waals surface area contributed by atoms with Crippen LogP contribution in [-0.4, -0.2) is 17.3 Å². The van der Waals surface area contributed by atoms with Gasteiger partial charge in [0.1, 0.15) is 5.82 Å². The van der Waals surface area contributed by atoms with E-state index in [1.807, 2.05) is 0 Å². The number of rotatable bonds is 2. The largest absolute Gasteiger partial charge is 0.393 e. The van der Waals surface area contributed by atoms with Gasteiger partial charge in [-0.25, -0.2) is 4.39 Å². The number of anilines is 1. The molecule has 1 aromatic rings. The van der Waals surface area contributed by atoms with Gasteiger partial charge >= 0.3 is 0 Å². The minimum atomic E-state index is -0.243. The van der Waals surface area contributed by atoms with E-state index in [2.05, 4.69) is 5.32 Å². The second kappa shape index (κ2) is 5.23. The molecule has 17 heavy (non-hydrogen) atoms. The van der Waals surface area contributed by atoms with Gasteiger partial charge in [-0.2, -0.15) is 0 Å². The number of aryl methyl sites for hydroxylation is 1. The molecule has 1 aromatic carbocycles. The van der Waals surface area contributed by atoms with Crippen molar-refractivity contribution in [1.82, 2.24) is 0 Å². The van der Waals surface area contributed by atoms with Crippen LogP contribution in [0.3, 0.4) is 0 Å². The van der Waals surface area contributed by atoms with Gasteiger partial charge < -0.3 is 10.4 Å². The lowest BCUT2D eigenvalue weighted by Gasteiger charge is -2.27. The van der Waals surface area contributed by atoms with Crippen LogP contribution in [0.25, 0.3) is 0 Å². The van der Waals surface area contributed by atoms with Crippen LogP contribution in [0.15, 0.2) is 12.1 Å². The Balaban J connectivity index is 2.06. The topological polar surface area (TPSA) is 32.3 Å². The number of halogens is 2. The fourth-order valence-corrected chi connectivity index (χ4v) is 2.47. The number of benzene rings is 1. The highest BCUT2D eigenvalue weighted by Gasteiger charge is 2.20. The third-order valence-corrected chi connectivity index (χ3v) is 3.62. The van der Waals surface area contributed by atoms with Crippen molar-refractivity contribution in [1.29, 1.82) is 0 Å². The van der Waals surface area contributed by atoms with Crippen molar-refractivity contribution < 1.29 is 9.50 Å². The summed E-state index contributed by atoms with van der Waals surface area (Å²) >= 11 is 6.07. The highest BCUT2D eigenvalue weighted by atomic mass is 35.5. The lowest BCUT2D eigenvalue weighted by atomic mass is 9.93. The minimum Gasteiger partial charge on any atom is -0.393 e. The standard InChI is InChI=1S/C13H17ClFNO/c1-8-6-11(14)13(7-12(8)15)16-9-2-4-10(17)5-3-9/h6-7,9-10,16-17H,2-5H2,1H3. The summed E-state index contributed by atoms with van der Waals surface area (Å²) in [6.45, 7) is 1.70. The molecule has 1 aliphatic rings. The molecule has 1 aliphatic carbocycles. The Labute approximate surface area is 106 Å². The quantitative estimate of drug-likeness (QED) is 0.850. The molecule has 0 aliphatic heterocycles. The van der Waals surface area contributed by atoms with Crippen LogP contribution in [0.1, 0.15) is 31.2 Å². The van der Waals surface area contributed by atoms with Crippen molar-refractivity contribution >= 4 is 17.3 Å². The molecule has 0 bridgehead atoms. The molecule has 0 amide bonds. The van der Waals surface area contributed by atoms with Gasteiger partial charge in [-0.1, -0.05) is 11.6 Å². The van der Waals surface area contributed by atoms with Crippen LogP contribution < -0.4 is 5.32 Å². The Bertz CT molecular complexity index is 403. The van der Waals surface area contributed by atoms with E-state index >= 15 is 0 Å². The maximum absolute atomic E-state index is 13.4. The molecule has 2 rings (SSSR count). The molecular weight excluding hydrogens is 241 g/mol. The normalized spacial score (nSPS) is 24.7. The second-order valence-electron chi connectivity index (χ2n) is 4.73. The van der Waals surface area contributed by atoms with E-state index < -0.39 is 0 Å². The van der Waals surface area contributed by atoms with Crippen LogP contribution in [0.4, 0.5) is 10.1 Å². The molecule has 0 unspecified atom stereocenters. The zero-order valence-electron chi connectivity index (χ0n) is 9.84. The summed E-state index contributed by atoms with van der Waals surface area (Å²) < 4.78 is 13.4. The molecule has 0 atom stereocenters. The molecule has 94 valence electrons. The van der Waals surface area contributed by atoms with Crippen molar-refractivity contribution in [3.63, 3.8) is 0 Å². The van der Waals surface area contributed by atoms with Crippen LogP contribution in [0.2, 0.25) is 5.02 Å². The smallest absolute Gasteiger partial charge is 0.128 e. The van der Waals surface area contributed by atoms with E-state index in [1.54, 1.807) is 13.0 Å². The van der Waals surface area contributed by atoms with Crippen LogP contribution in [-0.2, 0) is 0 Å². The third kappa shape index (κ3) is 3.11. The molecule has 0 heterocycles. The van der Waals surface area contributed by atoms with Crippen LogP contribution >= 0.6 is 11.6 Å². The molecule has 0 radical (unpaired) electrons. The van der Waals surface area contributed by atoms with Gasteiger partial charge in [0.25, 0.3) is 0 Å². The summed E-state index contributed by atoms with van der Waals surface area (Å²) in [4.78, 5) is 0. The number of aliphatic hydroxyl groups is 1. The minimum absolute atomic E-state index is 0.182. The average Bonchev–Trinajstić information content (AvgIpc) is 2.29. The first-order valence-electron chi connectivity index (χ1n) is 5.96. The molecule has 1 fully saturated rings. The molecule has 2 nitrogen and oxygen atoms in total. The summed E-state index contributed by atoms with van der Waals surface area (Å²) in [5.74, 6) is -0.243. The highest BCUT2D eigenvalue weighted by Crippen LogP contribution is 2.28. The molecular formula is C13H17ClFNO. The molecule has 0 saturated heterocycles. The van der Waals surface area contributed by atoms with Crippen molar-refractivity contribution in [3.8, 4) is 0 Å². The van der Waals surface area contributed by atoms with E-state index in [9.17, 15) is 9.50 Å².